The first-order valence-corrected chi connectivity index (χ1v) is 7.74. The van der Waals surface area contributed by atoms with Gasteiger partial charge in [-0.2, -0.15) is 0 Å². The maximum absolute atomic E-state index is 12.1. The van der Waals surface area contributed by atoms with Crippen LogP contribution in [0.2, 0.25) is 0 Å². The zero-order valence-corrected chi connectivity index (χ0v) is 13.5. The van der Waals surface area contributed by atoms with E-state index in [-0.39, 0.29) is 17.6 Å². The van der Waals surface area contributed by atoms with E-state index in [9.17, 15) is 9.59 Å². The molecule has 1 aromatic heterocycles. The topological polar surface area (TPSA) is 63.6 Å². The Labute approximate surface area is 131 Å². The number of nitrogens with zero attached hydrogens (tertiary/aromatic N) is 2. The van der Waals surface area contributed by atoms with Crippen molar-refractivity contribution >= 4 is 5.91 Å². The summed E-state index contributed by atoms with van der Waals surface area (Å²) in [5, 5.41) is 2.85. The minimum atomic E-state index is -0.234. The first-order valence-electron chi connectivity index (χ1n) is 7.74. The summed E-state index contributed by atoms with van der Waals surface area (Å²) in [7, 11) is 1.66. The molecule has 1 atom stereocenters. The molecule has 0 bridgehead atoms. The Morgan fingerprint density at radius 1 is 1.50 bits per heavy atom. The summed E-state index contributed by atoms with van der Waals surface area (Å²) >= 11 is 0. The maximum Gasteiger partial charge on any atom is 0.251 e. The van der Waals surface area contributed by atoms with Gasteiger partial charge in [-0.1, -0.05) is 13.8 Å². The maximum atomic E-state index is 12.1. The highest BCUT2D eigenvalue weighted by Crippen LogP contribution is 2.07. The fraction of sp³-hybridized carbons (Fsp3) is 0.625. The predicted octanol–water partition coefficient (Wildman–Crippen LogP) is 0.472. The van der Waals surface area contributed by atoms with Crippen LogP contribution in [0.25, 0.3) is 0 Å². The van der Waals surface area contributed by atoms with Gasteiger partial charge in [-0.15, -0.1) is 0 Å². The van der Waals surface area contributed by atoms with Crippen molar-refractivity contribution in [1.82, 2.24) is 14.8 Å². The van der Waals surface area contributed by atoms with E-state index in [1.807, 2.05) is 0 Å². The lowest BCUT2D eigenvalue weighted by molar-refractivity contribution is -0.0295. The molecule has 1 aliphatic rings. The van der Waals surface area contributed by atoms with Crippen molar-refractivity contribution in [1.29, 1.82) is 0 Å². The molecule has 122 valence electrons. The number of carbonyl (C=O) groups is 1. The van der Waals surface area contributed by atoms with Gasteiger partial charge in [-0.25, -0.2) is 0 Å². The molecular weight excluding hydrogens is 282 g/mol. The van der Waals surface area contributed by atoms with E-state index in [2.05, 4.69) is 24.1 Å². The number of aryl methyl sites for hydroxylation is 1. The first kappa shape index (κ1) is 16.7. The SMILES string of the molecule is CC(C)CN1CCOC(CNC(=O)c2ccn(C)c(=O)c2)C1. The van der Waals surface area contributed by atoms with Crippen LogP contribution in [-0.2, 0) is 11.8 Å². The fourth-order valence-electron chi connectivity index (χ4n) is 2.58. The van der Waals surface area contributed by atoms with E-state index in [0.29, 0.717) is 24.6 Å². The van der Waals surface area contributed by atoms with Crippen LogP contribution in [0.3, 0.4) is 0 Å². The molecule has 1 N–H and O–H groups in total. The summed E-state index contributed by atoms with van der Waals surface area (Å²) in [6, 6.07) is 2.99. The van der Waals surface area contributed by atoms with Crippen LogP contribution < -0.4 is 10.9 Å². The van der Waals surface area contributed by atoms with Gasteiger partial charge in [-0.3, -0.25) is 14.5 Å². The molecule has 2 heterocycles. The van der Waals surface area contributed by atoms with Gasteiger partial charge in [0.05, 0.1) is 12.7 Å². The molecule has 6 heteroatoms. The van der Waals surface area contributed by atoms with E-state index >= 15 is 0 Å². The number of aromatic nitrogens is 1. The molecule has 0 aliphatic carbocycles. The molecule has 0 spiro atoms. The molecule has 22 heavy (non-hydrogen) atoms. The van der Waals surface area contributed by atoms with E-state index in [0.717, 1.165) is 19.6 Å². The van der Waals surface area contributed by atoms with Crippen molar-refractivity contribution in [3.8, 4) is 0 Å². The number of carbonyl (C=O) groups excluding carboxylic acids is 1. The van der Waals surface area contributed by atoms with E-state index in [1.165, 1.54) is 10.6 Å². The Kier molecular flexibility index (Phi) is 5.74. The molecular formula is C16H25N3O3. The number of amides is 1. The molecule has 0 radical (unpaired) electrons. The molecule has 1 fully saturated rings. The van der Waals surface area contributed by atoms with Crippen LogP contribution in [0.5, 0.6) is 0 Å². The number of hydrogen-bond donors (Lipinski definition) is 1. The quantitative estimate of drug-likeness (QED) is 0.859. The third kappa shape index (κ3) is 4.68. The summed E-state index contributed by atoms with van der Waals surface area (Å²) in [5.41, 5.74) is 0.197. The zero-order chi connectivity index (χ0) is 16.1. The van der Waals surface area contributed by atoms with Crippen molar-refractivity contribution in [3.05, 3.63) is 34.2 Å². The molecule has 1 aliphatic heterocycles. The minimum absolute atomic E-state index is 0.00277. The van der Waals surface area contributed by atoms with Gasteiger partial charge in [0.15, 0.2) is 0 Å². The van der Waals surface area contributed by atoms with Crippen molar-refractivity contribution in [2.75, 3.05) is 32.8 Å². The van der Waals surface area contributed by atoms with E-state index < -0.39 is 0 Å². The van der Waals surface area contributed by atoms with E-state index in [1.54, 1.807) is 19.3 Å². The van der Waals surface area contributed by atoms with Crippen molar-refractivity contribution in [3.63, 3.8) is 0 Å². The van der Waals surface area contributed by atoms with Crippen LogP contribution in [0.4, 0.5) is 0 Å². The molecule has 1 aromatic rings. The average Bonchev–Trinajstić information content (AvgIpc) is 2.47. The number of nitrogens with one attached hydrogen (secondary N) is 1. The predicted molar refractivity (Wildman–Crippen MR) is 85.0 cm³/mol. The Balaban J connectivity index is 1.85. The van der Waals surface area contributed by atoms with E-state index in [4.69, 9.17) is 4.74 Å². The lowest BCUT2D eigenvalue weighted by atomic mass is 10.1. The molecule has 1 unspecified atom stereocenters. The molecule has 0 aromatic carbocycles. The summed E-state index contributed by atoms with van der Waals surface area (Å²) in [6.07, 6.45) is 1.60. The Bertz CT molecular complexity index is 568. The van der Waals surface area contributed by atoms with Crippen LogP contribution in [0.15, 0.2) is 23.1 Å². The third-order valence-corrected chi connectivity index (χ3v) is 3.70. The van der Waals surface area contributed by atoms with Gasteiger partial charge in [0.25, 0.3) is 11.5 Å². The summed E-state index contributed by atoms with van der Waals surface area (Å²) in [4.78, 5) is 26.0. The molecule has 1 saturated heterocycles. The van der Waals surface area contributed by atoms with Gasteiger partial charge in [0.2, 0.25) is 0 Å². The van der Waals surface area contributed by atoms with Crippen molar-refractivity contribution in [2.24, 2.45) is 13.0 Å². The number of rotatable bonds is 5. The second-order valence-corrected chi connectivity index (χ2v) is 6.22. The van der Waals surface area contributed by atoms with Crippen LogP contribution >= 0.6 is 0 Å². The molecule has 0 saturated carbocycles. The summed E-state index contributed by atoms with van der Waals surface area (Å²) < 4.78 is 7.13. The normalized spacial score (nSPS) is 19.4. The number of hydrogen-bond acceptors (Lipinski definition) is 4. The van der Waals surface area contributed by atoms with Gasteiger partial charge in [0, 0.05) is 51.1 Å². The van der Waals surface area contributed by atoms with Gasteiger partial charge in [0.1, 0.15) is 0 Å². The first-order chi connectivity index (χ1) is 10.5. The highest BCUT2D eigenvalue weighted by atomic mass is 16.5. The number of morpholine rings is 1. The zero-order valence-electron chi connectivity index (χ0n) is 13.5. The highest BCUT2D eigenvalue weighted by Gasteiger charge is 2.21. The van der Waals surface area contributed by atoms with Crippen LogP contribution in [-0.4, -0.2) is 54.3 Å². The van der Waals surface area contributed by atoms with Crippen LogP contribution in [0, 0.1) is 5.92 Å². The smallest absolute Gasteiger partial charge is 0.251 e. The fourth-order valence-corrected chi connectivity index (χ4v) is 2.58. The molecule has 6 nitrogen and oxygen atoms in total. The lowest BCUT2D eigenvalue weighted by Gasteiger charge is -2.33. The average molecular weight is 307 g/mol. The molecule has 2 rings (SSSR count). The van der Waals surface area contributed by atoms with Crippen molar-refractivity contribution < 1.29 is 9.53 Å². The lowest BCUT2D eigenvalue weighted by Crippen LogP contribution is -2.48. The monoisotopic (exact) mass is 307 g/mol. The third-order valence-electron chi connectivity index (χ3n) is 3.70. The van der Waals surface area contributed by atoms with Gasteiger partial charge < -0.3 is 14.6 Å². The van der Waals surface area contributed by atoms with Crippen LogP contribution in [0.1, 0.15) is 24.2 Å². The summed E-state index contributed by atoms with van der Waals surface area (Å²) in [5.74, 6) is 0.385. The number of ether oxygens (including phenoxy) is 1. The largest absolute Gasteiger partial charge is 0.374 e. The number of pyridine rings is 1. The second-order valence-electron chi connectivity index (χ2n) is 6.22. The van der Waals surface area contributed by atoms with Gasteiger partial charge >= 0.3 is 0 Å². The second kappa shape index (κ2) is 7.56. The van der Waals surface area contributed by atoms with Crippen molar-refractivity contribution in [2.45, 2.75) is 20.0 Å². The van der Waals surface area contributed by atoms with Gasteiger partial charge in [-0.05, 0) is 12.0 Å². The summed E-state index contributed by atoms with van der Waals surface area (Å²) in [6.45, 7) is 8.36. The highest BCUT2D eigenvalue weighted by molar-refractivity contribution is 5.93. The Hall–Kier alpha value is -1.66. The Morgan fingerprint density at radius 3 is 2.95 bits per heavy atom. The molecule has 1 amide bonds. The minimum Gasteiger partial charge on any atom is -0.374 e. The Morgan fingerprint density at radius 2 is 2.27 bits per heavy atom. The standard InChI is InChI=1S/C16H25N3O3/c1-12(2)10-19-6-7-22-14(11-19)9-17-16(21)13-4-5-18(3)15(20)8-13/h4-5,8,12,14H,6-7,9-11H2,1-3H3,(H,17,21).